The third-order valence-corrected chi connectivity index (χ3v) is 2.68. The first-order valence-electron chi connectivity index (χ1n) is 5.39. The molecule has 0 amide bonds. The predicted octanol–water partition coefficient (Wildman–Crippen LogP) is 3.73. The maximum Gasteiger partial charge on any atom is 0.0166 e. The average Bonchev–Trinajstić information content (AvgIpc) is 2.14. The van der Waals surface area contributed by atoms with Crippen LogP contribution in [0.15, 0.2) is 30.3 Å². The predicted molar refractivity (Wildman–Crippen MR) is 69.6 cm³/mol. The Morgan fingerprint density at radius 1 is 1.20 bits per heavy atom. The lowest BCUT2D eigenvalue weighted by Crippen LogP contribution is -2.39. The molecule has 0 fully saturated rings. The first kappa shape index (κ1) is 14.5. The van der Waals surface area contributed by atoms with Gasteiger partial charge in [0.15, 0.2) is 0 Å². The molecule has 1 atom stereocenters. The van der Waals surface area contributed by atoms with E-state index in [1.807, 2.05) is 0 Å². The molecule has 1 unspecified atom stereocenters. The Labute approximate surface area is 99.5 Å². The van der Waals surface area contributed by atoms with E-state index in [-0.39, 0.29) is 17.9 Å². The summed E-state index contributed by atoms with van der Waals surface area (Å²) in [6.45, 7) is 6.43. The highest BCUT2D eigenvalue weighted by Crippen LogP contribution is 2.30. The molecule has 0 heterocycles. The van der Waals surface area contributed by atoms with Gasteiger partial charge in [-0.15, -0.1) is 12.4 Å². The number of halogens is 1. The van der Waals surface area contributed by atoms with Crippen LogP contribution in [0.3, 0.4) is 0 Å². The summed E-state index contributed by atoms with van der Waals surface area (Å²) in [5.41, 5.74) is 7.43. The number of benzene rings is 1. The smallest absolute Gasteiger partial charge is 0.0166 e. The van der Waals surface area contributed by atoms with Crippen molar-refractivity contribution < 1.29 is 0 Å². The van der Waals surface area contributed by atoms with Crippen molar-refractivity contribution in [3.05, 3.63) is 35.9 Å². The van der Waals surface area contributed by atoms with Gasteiger partial charge in [0, 0.05) is 11.5 Å². The fourth-order valence-corrected chi connectivity index (χ4v) is 1.94. The van der Waals surface area contributed by atoms with E-state index in [2.05, 4.69) is 51.1 Å². The minimum atomic E-state index is -0.128. The summed E-state index contributed by atoms with van der Waals surface area (Å²) in [5, 5.41) is 0. The third-order valence-electron chi connectivity index (χ3n) is 2.68. The summed E-state index contributed by atoms with van der Waals surface area (Å²) in [7, 11) is 0. The molecule has 1 nitrogen and oxygen atoms in total. The molecule has 0 aromatic heterocycles. The normalized spacial score (nSPS) is 13.1. The summed E-state index contributed by atoms with van der Waals surface area (Å²) >= 11 is 0. The van der Waals surface area contributed by atoms with Gasteiger partial charge in [-0.25, -0.2) is 0 Å². The second-order valence-electron chi connectivity index (χ2n) is 4.57. The molecule has 0 spiro atoms. The second-order valence-corrected chi connectivity index (χ2v) is 4.57. The number of hydrogen-bond acceptors (Lipinski definition) is 1. The van der Waals surface area contributed by atoms with Crippen LogP contribution in [0.4, 0.5) is 0 Å². The molecule has 2 heteroatoms. The first-order chi connectivity index (χ1) is 6.55. The average molecular weight is 228 g/mol. The van der Waals surface area contributed by atoms with Gasteiger partial charge in [-0.3, -0.25) is 0 Å². The van der Waals surface area contributed by atoms with Crippen LogP contribution in [0.2, 0.25) is 0 Å². The Bertz CT molecular complexity index is 264. The van der Waals surface area contributed by atoms with Crippen LogP contribution in [0.25, 0.3) is 0 Å². The van der Waals surface area contributed by atoms with Gasteiger partial charge in [0.1, 0.15) is 0 Å². The standard InChI is InChI=1S/C13H21N.ClH/c1-4-8-12(13(2,3)14)11-9-6-5-7-10-11;/h5-7,9-10,12H,4,8,14H2,1-3H3;1H. The van der Waals surface area contributed by atoms with Crippen LogP contribution in [0.1, 0.15) is 45.1 Å². The molecule has 15 heavy (non-hydrogen) atoms. The Kier molecular flexibility index (Phi) is 5.92. The van der Waals surface area contributed by atoms with Crippen LogP contribution in [0.5, 0.6) is 0 Å². The van der Waals surface area contributed by atoms with Gasteiger partial charge < -0.3 is 5.73 Å². The van der Waals surface area contributed by atoms with Crippen molar-refractivity contribution in [1.82, 2.24) is 0 Å². The van der Waals surface area contributed by atoms with E-state index in [4.69, 9.17) is 5.73 Å². The zero-order valence-electron chi connectivity index (χ0n) is 9.86. The highest BCUT2D eigenvalue weighted by Gasteiger charge is 2.25. The molecule has 0 aliphatic heterocycles. The van der Waals surface area contributed by atoms with Crippen molar-refractivity contribution in [1.29, 1.82) is 0 Å². The molecule has 0 saturated heterocycles. The second kappa shape index (κ2) is 6.14. The quantitative estimate of drug-likeness (QED) is 0.834. The molecule has 1 aromatic carbocycles. The molecule has 1 rings (SSSR count). The zero-order valence-corrected chi connectivity index (χ0v) is 10.7. The molecule has 0 aliphatic rings. The lowest BCUT2D eigenvalue weighted by molar-refractivity contribution is 0.387. The van der Waals surface area contributed by atoms with E-state index < -0.39 is 0 Å². The minimum Gasteiger partial charge on any atom is -0.325 e. The van der Waals surface area contributed by atoms with Gasteiger partial charge >= 0.3 is 0 Å². The van der Waals surface area contributed by atoms with Crippen LogP contribution < -0.4 is 5.73 Å². The lowest BCUT2D eigenvalue weighted by atomic mass is 9.80. The Morgan fingerprint density at radius 3 is 2.13 bits per heavy atom. The van der Waals surface area contributed by atoms with Gasteiger partial charge in [-0.05, 0) is 25.8 Å². The van der Waals surface area contributed by atoms with E-state index in [0.717, 1.165) is 6.42 Å². The van der Waals surface area contributed by atoms with Crippen molar-refractivity contribution in [3.8, 4) is 0 Å². The number of rotatable bonds is 4. The summed E-state index contributed by atoms with van der Waals surface area (Å²) in [6.07, 6.45) is 2.34. The minimum absolute atomic E-state index is 0. The summed E-state index contributed by atoms with van der Waals surface area (Å²) in [4.78, 5) is 0. The monoisotopic (exact) mass is 227 g/mol. The van der Waals surface area contributed by atoms with E-state index in [0.29, 0.717) is 5.92 Å². The summed E-state index contributed by atoms with van der Waals surface area (Å²) in [6, 6.07) is 10.6. The van der Waals surface area contributed by atoms with Gasteiger partial charge in [-0.2, -0.15) is 0 Å². The Morgan fingerprint density at radius 2 is 1.73 bits per heavy atom. The van der Waals surface area contributed by atoms with Gasteiger partial charge in [0.05, 0.1) is 0 Å². The molecule has 0 aliphatic carbocycles. The van der Waals surface area contributed by atoms with Crippen LogP contribution in [0, 0.1) is 0 Å². The molecule has 86 valence electrons. The summed E-state index contributed by atoms with van der Waals surface area (Å²) in [5.74, 6) is 0.466. The zero-order chi connectivity index (χ0) is 10.6. The fraction of sp³-hybridized carbons (Fsp3) is 0.538. The van der Waals surface area contributed by atoms with Crippen LogP contribution in [-0.4, -0.2) is 5.54 Å². The fourth-order valence-electron chi connectivity index (χ4n) is 1.94. The van der Waals surface area contributed by atoms with E-state index in [1.54, 1.807) is 0 Å². The third kappa shape index (κ3) is 4.23. The van der Waals surface area contributed by atoms with Crippen LogP contribution >= 0.6 is 12.4 Å². The van der Waals surface area contributed by atoms with Crippen molar-refractivity contribution in [2.75, 3.05) is 0 Å². The van der Waals surface area contributed by atoms with E-state index in [9.17, 15) is 0 Å². The van der Waals surface area contributed by atoms with Gasteiger partial charge in [0.2, 0.25) is 0 Å². The maximum absolute atomic E-state index is 6.20. The maximum atomic E-state index is 6.20. The van der Waals surface area contributed by atoms with Crippen molar-refractivity contribution >= 4 is 12.4 Å². The molecule has 0 saturated carbocycles. The molecule has 2 N–H and O–H groups in total. The van der Waals surface area contributed by atoms with Crippen LogP contribution in [-0.2, 0) is 0 Å². The highest BCUT2D eigenvalue weighted by atomic mass is 35.5. The Hall–Kier alpha value is -0.530. The van der Waals surface area contributed by atoms with Gasteiger partial charge in [-0.1, -0.05) is 43.7 Å². The van der Waals surface area contributed by atoms with Gasteiger partial charge in [0.25, 0.3) is 0 Å². The lowest BCUT2D eigenvalue weighted by Gasteiger charge is -2.30. The highest BCUT2D eigenvalue weighted by molar-refractivity contribution is 5.85. The SMILES string of the molecule is CCCC(c1ccccc1)C(C)(C)N.Cl. The molecular weight excluding hydrogens is 206 g/mol. The first-order valence-corrected chi connectivity index (χ1v) is 5.39. The van der Waals surface area contributed by atoms with Crippen molar-refractivity contribution in [3.63, 3.8) is 0 Å². The summed E-state index contributed by atoms with van der Waals surface area (Å²) < 4.78 is 0. The van der Waals surface area contributed by atoms with E-state index >= 15 is 0 Å². The van der Waals surface area contributed by atoms with E-state index in [1.165, 1.54) is 12.0 Å². The number of hydrogen-bond donors (Lipinski definition) is 1. The molecule has 0 bridgehead atoms. The topological polar surface area (TPSA) is 26.0 Å². The largest absolute Gasteiger partial charge is 0.325 e. The molecule has 0 radical (unpaired) electrons. The number of nitrogens with two attached hydrogens (primary N) is 1. The molecular formula is C13H22ClN. The molecule has 1 aromatic rings. The Balaban J connectivity index is 0.00000196. The van der Waals surface area contributed by atoms with Crippen molar-refractivity contribution in [2.45, 2.75) is 45.1 Å². The van der Waals surface area contributed by atoms with Crippen molar-refractivity contribution in [2.24, 2.45) is 5.73 Å².